The van der Waals surface area contributed by atoms with Crippen LogP contribution in [0.5, 0.6) is 0 Å². The van der Waals surface area contributed by atoms with Crippen LogP contribution in [0.25, 0.3) is 10.9 Å². The number of hydrogen-bond acceptors (Lipinski definition) is 8. The maximum atomic E-state index is 14.4. The van der Waals surface area contributed by atoms with Crippen molar-refractivity contribution in [3.8, 4) is 0 Å². The molecule has 2 fully saturated rings. The topological polar surface area (TPSA) is 121 Å². The highest BCUT2D eigenvalue weighted by molar-refractivity contribution is 6.47. The number of ether oxygens (including phenoxy) is 1. The van der Waals surface area contributed by atoms with Crippen molar-refractivity contribution in [3.63, 3.8) is 0 Å². The number of aliphatic hydroxyl groups excluding tert-OH is 1. The number of hydrazone groups is 1. The number of carbonyl (C=O) groups excluding carboxylic acids is 1. The molecule has 12 heteroatoms. The van der Waals surface area contributed by atoms with E-state index in [9.17, 15) is 18.7 Å². The molecule has 0 radical (unpaired) electrons. The van der Waals surface area contributed by atoms with Gasteiger partial charge in [-0.1, -0.05) is 6.07 Å². The number of nitrogens with two attached hydrogens (primary N) is 1. The number of hydrogen-bond donors (Lipinski definition) is 3. The van der Waals surface area contributed by atoms with Gasteiger partial charge in [0, 0.05) is 37.7 Å². The van der Waals surface area contributed by atoms with Crippen molar-refractivity contribution in [1.29, 1.82) is 0 Å². The summed E-state index contributed by atoms with van der Waals surface area (Å²) in [4.78, 5) is 15.5. The molecule has 39 heavy (non-hydrogen) atoms. The first kappa shape index (κ1) is 25.4. The minimum absolute atomic E-state index is 0.00529. The van der Waals surface area contributed by atoms with Crippen LogP contribution in [0.4, 0.5) is 25.8 Å². The standard InChI is InChI=1S/C27H29F2N7O3/c28-19-2-1-3-20(29)26(19)36-24(37)7-5-22(33-36)27(38)32-21-4-6-23-18(25(21)34-11-8-16(30)15-34)14-31-35(23)17-9-12-39-13-10-17/h1-7,14,16-17,24,37H,8-13,15,30H2,(H,32,38)/t16-,24?/m1/s1. The number of aromatic nitrogens is 2. The number of halogens is 2. The van der Waals surface area contributed by atoms with Crippen LogP contribution in [0.3, 0.4) is 0 Å². The molecule has 2 saturated heterocycles. The van der Waals surface area contributed by atoms with Crippen LogP contribution in [0.1, 0.15) is 25.3 Å². The van der Waals surface area contributed by atoms with Crippen LogP contribution in [-0.4, -0.2) is 65.1 Å². The molecule has 0 aliphatic carbocycles. The monoisotopic (exact) mass is 537 g/mol. The van der Waals surface area contributed by atoms with Gasteiger partial charge in [0.15, 0.2) is 17.9 Å². The predicted octanol–water partition coefficient (Wildman–Crippen LogP) is 2.89. The summed E-state index contributed by atoms with van der Waals surface area (Å²) in [5.74, 6) is -2.42. The summed E-state index contributed by atoms with van der Waals surface area (Å²) in [5, 5.41) is 23.7. The molecule has 3 aromatic rings. The second-order valence-corrected chi connectivity index (χ2v) is 9.95. The summed E-state index contributed by atoms with van der Waals surface area (Å²) in [7, 11) is 0. The molecule has 1 amide bonds. The number of carbonyl (C=O) groups is 1. The molecule has 0 spiro atoms. The number of rotatable bonds is 5. The number of fused-ring (bicyclic) bond motifs is 1. The first-order valence-electron chi connectivity index (χ1n) is 13.0. The Labute approximate surface area is 223 Å². The highest BCUT2D eigenvalue weighted by Gasteiger charge is 2.29. The Morgan fingerprint density at radius 2 is 1.87 bits per heavy atom. The van der Waals surface area contributed by atoms with E-state index in [1.165, 1.54) is 18.2 Å². The minimum Gasteiger partial charge on any atom is -0.381 e. The van der Waals surface area contributed by atoms with Crippen molar-refractivity contribution < 1.29 is 23.4 Å². The fraction of sp³-hybridized carbons (Fsp3) is 0.370. The van der Waals surface area contributed by atoms with Crippen molar-refractivity contribution in [2.75, 3.05) is 41.5 Å². The summed E-state index contributed by atoms with van der Waals surface area (Å²) < 4.78 is 36.4. The first-order valence-corrected chi connectivity index (χ1v) is 13.0. The highest BCUT2D eigenvalue weighted by Crippen LogP contribution is 2.38. The molecule has 1 aromatic heterocycles. The Kier molecular flexibility index (Phi) is 6.75. The number of benzene rings is 2. The van der Waals surface area contributed by atoms with Crippen LogP contribution in [0, 0.1) is 11.6 Å². The lowest BCUT2D eigenvalue weighted by Crippen LogP contribution is -2.37. The van der Waals surface area contributed by atoms with Gasteiger partial charge in [-0.2, -0.15) is 10.2 Å². The first-order chi connectivity index (χ1) is 18.9. The Morgan fingerprint density at radius 3 is 2.59 bits per heavy atom. The van der Waals surface area contributed by atoms with Crippen LogP contribution in [-0.2, 0) is 9.53 Å². The van der Waals surface area contributed by atoms with Gasteiger partial charge >= 0.3 is 0 Å². The minimum atomic E-state index is -1.44. The number of anilines is 3. The Hall–Kier alpha value is -3.87. The van der Waals surface area contributed by atoms with Gasteiger partial charge in [0.1, 0.15) is 11.4 Å². The zero-order valence-corrected chi connectivity index (χ0v) is 21.1. The zero-order chi connectivity index (χ0) is 27.1. The number of para-hydroxylation sites is 1. The van der Waals surface area contributed by atoms with Crippen LogP contribution in [0.15, 0.2) is 53.8 Å². The quantitative estimate of drug-likeness (QED) is 0.458. The third-order valence-corrected chi connectivity index (χ3v) is 7.37. The van der Waals surface area contributed by atoms with Gasteiger partial charge in [0.05, 0.1) is 29.1 Å². The van der Waals surface area contributed by atoms with E-state index in [2.05, 4.69) is 15.3 Å². The van der Waals surface area contributed by atoms with Gasteiger partial charge in [-0.3, -0.25) is 9.48 Å². The van der Waals surface area contributed by atoms with E-state index >= 15 is 0 Å². The lowest BCUT2D eigenvalue weighted by molar-refractivity contribution is -0.110. The van der Waals surface area contributed by atoms with E-state index in [1.54, 1.807) is 0 Å². The Balaban J connectivity index is 1.35. The third kappa shape index (κ3) is 4.75. The summed E-state index contributed by atoms with van der Waals surface area (Å²) in [6, 6.07) is 7.31. The molecule has 3 aliphatic rings. The molecule has 0 saturated carbocycles. The van der Waals surface area contributed by atoms with Gasteiger partial charge in [-0.25, -0.2) is 13.8 Å². The average molecular weight is 538 g/mol. The molecule has 2 atom stereocenters. The predicted molar refractivity (Wildman–Crippen MR) is 144 cm³/mol. The van der Waals surface area contributed by atoms with Crippen LogP contribution >= 0.6 is 0 Å². The van der Waals surface area contributed by atoms with E-state index < -0.39 is 29.5 Å². The highest BCUT2D eigenvalue weighted by atomic mass is 19.1. The normalized spacial score (nSPS) is 22.0. The molecule has 10 nitrogen and oxygen atoms in total. The average Bonchev–Trinajstić information content (AvgIpc) is 3.56. The van der Waals surface area contributed by atoms with Gasteiger partial charge < -0.3 is 25.8 Å². The maximum absolute atomic E-state index is 14.4. The third-order valence-electron chi connectivity index (χ3n) is 7.37. The number of nitrogens with one attached hydrogen (secondary N) is 1. The second-order valence-electron chi connectivity index (χ2n) is 9.95. The van der Waals surface area contributed by atoms with Crippen molar-refractivity contribution >= 4 is 39.6 Å². The molecule has 204 valence electrons. The lowest BCUT2D eigenvalue weighted by atomic mass is 10.1. The molecule has 4 heterocycles. The molecular formula is C27H29F2N7O3. The summed E-state index contributed by atoms with van der Waals surface area (Å²) in [5.41, 5.74) is 7.86. The SMILES string of the molecule is N[C@@H]1CCN(c2c(NC(=O)C3=NN(c4c(F)cccc4F)C(O)C=C3)ccc3c2cnn3C2CCOCC2)C1. The Bertz CT molecular complexity index is 1450. The van der Waals surface area contributed by atoms with Crippen molar-refractivity contribution in [2.45, 2.75) is 37.6 Å². The van der Waals surface area contributed by atoms with Gasteiger partial charge in [0.2, 0.25) is 0 Å². The summed E-state index contributed by atoms with van der Waals surface area (Å²) in [6.07, 6.45) is 5.50. The smallest absolute Gasteiger partial charge is 0.276 e. The zero-order valence-electron chi connectivity index (χ0n) is 21.1. The second kappa shape index (κ2) is 10.4. The van der Waals surface area contributed by atoms with Crippen LogP contribution < -0.4 is 21.0 Å². The van der Waals surface area contributed by atoms with E-state index in [0.29, 0.717) is 25.4 Å². The fourth-order valence-electron chi connectivity index (χ4n) is 5.42. The molecule has 0 bridgehead atoms. The molecule has 2 aromatic carbocycles. The van der Waals surface area contributed by atoms with E-state index in [1.807, 2.05) is 23.0 Å². The number of amides is 1. The van der Waals surface area contributed by atoms with Crippen molar-refractivity contribution in [2.24, 2.45) is 10.8 Å². The largest absolute Gasteiger partial charge is 0.381 e. The van der Waals surface area contributed by atoms with E-state index in [0.717, 1.165) is 59.5 Å². The van der Waals surface area contributed by atoms with Crippen molar-refractivity contribution in [1.82, 2.24) is 9.78 Å². The van der Waals surface area contributed by atoms with Crippen molar-refractivity contribution in [3.05, 3.63) is 60.3 Å². The molecule has 6 rings (SSSR count). The maximum Gasteiger partial charge on any atom is 0.276 e. The van der Waals surface area contributed by atoms with Gasteiger partial charge in [-0.15, -0.1) is 0 Å². The van der Waals surface area contributed by atoms with E-state index in [-0.39, 0.29) is 17.8 Å². The van der Waals surface area contributed by atoms with Crippen LogP contribution in [0.2, 0.25) is 0 Å². The van der Waals surface area contributed by atoms with E-state index in [4.69, 9.17) is 15.6 Å². The molecular weight excluding hydrogens is 508 g/mol. The Morgan fingerprint density at radius 1 is 1.10 bits per heavy atom. The summed E-state index contributed by atoms with van der Waals surface area (Å²) in [6.45, 7) is 2.72. The van der Waals surface area contributed by atoms with Gasteiger partial charge in [-0.05, 0) is 55.7 Å². The lowest BCUT2D eigenvalue weighted by Gasteiger charge is -2.27. The summed E-state index contributed by atoms with van der Waals surface area (Å²) >= 11 is 0. The fourth-order valence-corrected chi connectivity index (χ4v) is 5.42. The number of nitrogens with zero attached hydrogens (tertiary/aromatic N) is 5. The molecule has 3 aliphatic heterocycles. The molecule has 4 N–H and O–H groups in total. The number of aliphatic hydroxyl groups is 1. The van der Waals surface area contributed by atoms with Gasteiger partial charge in [0.25, 0.3) is 5.91 Å². The molecule has 1 unspecified atom stereocenters.